The van der Waals surface area contributed by atoms with Crippen LogP contribution in [0.5, 0.6) is 0 Å². The number of hydrogen-bond acceptors (Lipinski definition) is 4. The van der Waals surface area contributed by atoms with Crippen molar-refractivity contribution in [2.45, 2.75) is 50.7 Å². The molecule has 0 bridgehead atoms. The zero-order chi connectivity index (χ0) is 14.7. The minimum Gasteiger partial charge on any atom is -0.394 e. The van der Waals surface area contributed by atoms with Crippen LogP contribution in [-0.2, 0) is 6.54 Å². The van der Waals surface area contributed by atoms with E-state index >= 15 is 0 Å². The van der Waals surface area contributed by atoms with E-state index in [-0.39, 0.29) is 6.61 Å². The molecule has 1 aromatic heterocycles. The number of hydrogen-bond donors (Lipinski definition) is 2. The van der Waals surface area contributed by atoms with E-state index in [4.69, 9.17) is 5.11 Å². The summed E-state index contributed by atoms with van der Waals surface area (Å²) >= 11 is 0. The number of aliphatic hydroxyl groups excluding tert-OH is 2. The van der Waals surface area contributed by atoms with Gasteiger partial charge in [-0.25, -0.2) is 4.98 Å². The fourth-order valence-electron chi connectivity index (χ4n) is 3.52. The van der Waals surface area contributed by atoms with Crippen LogP contribution < -0.4 is 0 Å². The smallest absolute Gasteiger partial charge is 0.111 e. The number of aromatic nitrogens is 2. The summed E-state index contributed by atoms with van der Waals surface area (Å²) in [4.78, 5) is 6.86. The van der Waals surface area contributed by atoms with Crippen molar-refractivity contribution in [2.24, 2.45) is 5.92 Å². The number of nitrogens with zero attached hydrogens (tertiary/aromatic N) is 3. The van der Waals surface area contributed by atoms with E-state index in [1.54, 1.807) is 0 Å². The minimum atomic E-state index is -0.609. The van der Waals surface area contributed by atoms with Crippen LogP contribution in [0.3, 0.4) is 0 Å². The summed E-state index contributed by atoms with van der Waals surface area (Å²) < 4.78 is 2.37. The maximum atomic E-state index is 9.53. The summed E-state index contributed by atoms with van der Waals surface area (Å²) in [5.74, 6) is 2.66. The van der Waals surface area contributed by atoms with Gasteiger partial charge in [0.05, 0.1) is 12.7 Å². The highest BCUT2D eigenvalue weighted by Crippen LogP contribution is 2.31. The Morgan fingerprint density at radius 1 is 1.24 bits per heavy atom. The number of piperidine rings is 1. The van der Waals surface area contributed by atoms with Crippen molar-refractivity contribution in [1.82, 2.24) is 14.5 Å². The normalized spacial score (nSPS) is 23.1. The Morgan fingerprint density at radius 2 is 2.00 bits per heavy atom. The predicted octanol–water partition coefficient (Wildman–Crippen LogP) is 1.22. The predicted molar refractivity (Wildman–Crippen MR) is 81.1 cm³/mol. The van der Waals surface area contributed by atoms with Gasteiger partial charge in [-0.05, 0) is 44.7 Å². The Hall–Kier alpha value is -0.910. The summed E-state index contributed by atoms with van der Waals surface area (Å²) in [6.07, 6.45) is 9.79. The van der Waals surface area contributed by atoms with Gasteiger partial charge in [0.25, 0.3) is 0 Å². The zero-order valence-corrected chi connectivity index (χ0v) is 12.7. The van der Waals surface area contributed by atoms with E-state index in [0.717, 1.165) is 38.4 Å². The Balaban J connectivity index is 1.53. The van der Waals surface area contributed by atoms with Gasteiger partial charge in [-0.2, -0.15) is 0 Å². The SMILES string of the molecule is OC[C@@H](O)CN1CCC(c2nccn2CC2CCC2)CC1. The molecule has 1 aliphatic carbocycles. The van der Waals surface area contributed by atoms with Gasteiger partial charge in [-0.3, -0.25) is 0 Å². The largest absolute Gasteiger partial charge is 0.394 e. The van der Waals surface area contributed by atoms with Crippen molar-refractivity contribution >= 4 is 0 Å². The molecule has 3 rings (SSSR count). The molecule has 1 saturated heterocycles. The fraction of sp³-hybridized carbons (Fsp3) is 0.812. The van der Waals surface area contributed by atoms with E-state index in [1.807, 2.05) is 6.20 Å². The first-order chi connectivity index (χ1) is 10.3. The van der Waals surface area contributed by atoms with Gasteiger partial charge in [-0.15, -0.1) is 0 Å². The van der Waals surface area contributed by atoms with Crippen molar-refractivity contribution in [3.8, 4) is 0 Å². The zero-order valence-electron chi connectivity index (χ0n) is 12.7. The lowest BCUT2D eigenvalue weighted by molar-refractivity contribution is 0.0508. The van der Waals surface area contributed by atoms with Gasteiger partial charge in [0.2, 0.25) is 0 Å². The molecular formula is C16H27N3O2. The first-order valence-electron chi connectivity index (χ1n) is 8.28. The number of likely N-dealkylation sites (tertiary alicyclic amines) is 1. The molecule has 2 aliphatic rings. The molecule has 1 atom stereocenters. The molecule has 0 radical (unpaired) electrons. The Labute approximate surface area is 126 Å². The summed E-state index contributed by atoms with van der Waals surface area (Å²) in [6.45, 7) is 3.54. The summed E-state index contributed by atoms with van der Waals surface area (Å²) in [5, 5.41) is 18.5. The molecule has 1 aromatic rings. The van der Waals surface area contributed by atoms with E-state index in [1.165, 1.54) is 25.1 Å². The molecule has 0 aromatic carbocycles. The molecule has 1 saturated carbocycles. The molecule has 0 amide bonds. The van der Waals surface area contributed by atoms with Gasteiger partial charge in [0, 0.05) is 31.4 Å². The molecule has 1 aliphatic heterocycles. The van der Waals surface area contributed by atoms with Crippen LogP contribution in [0.25, 0.3) is 0 Å². The maximum absolute atomic E-state index is 9.53. The first-order valence-corrected chi connectivity index (χ1v) is 8.28. The van der Waals surface area contributed by atoms with Crippen molar-refractivity contribution < 1.29 is 10.2 Å². The van der Waals surface area contributed by atoms with Gasteiger partial charge in [0.1, 0.15) is 5.82 Å². The lowest BCUT2D eigenvalue weighted by atomic mass is 9.85. The average molecular weight is 293 g/mol. The first kappa shape index (κ1) is 15.0. The second kappa shape index (κ2) is 6.90. The molecular weight excluding hydrogens is 266 g/mol. The van der Waals surface area contributed by atoms with Gasteiger partial charge in [-0.1, -0.05) is 6.42 Å². The highest BCUT2D eigenvalue weighted by molar-refractivity contribution is 5.03. The lowest BCUT2D eigenvalue weighted by Crippen LogP contribution is -2.39. The highest BCUT2D eigenvalue weighted by atomic mass is 16.3. The molecule has 118 valence electrons. The number of imidazole rings is 1. The quantitative estimate of drug-likeness (QED) is 0.828. The summed E-state index contributed by atoms with van der Waals surface area (Å²) in [5.41, 5.74) is 0. The van der Waals surface area contributed by atoms with Crippen LogP contribution in [-0.4, -0.2) is 57.0 Å². The topological polar surface area (TPSA) is 61.5 Å². The number of aliphatic hydroxyl groups is 2. The second-order valence-corrected chi connectivity index (χ2v) is 6.65. The summed E-state index contributed by atoms with van der Waals surface area (Å²) in [7, 11) is 0. The van der Waals surface area contributed by atoms with Gasteiger partial charge >= 0.3 is 0 Å². The maximum Gasteiger partial charge on any atom is 0.111 e. The van der Waals surface area contributed by atoms with Crippen LogP contribution in [0.15, 0.2) is 12.4 Å². The van der Waals surface area contributed by atoms with E-state index < -0.39 is 6.10 Å². The van der Waals surface area contributed by atoms with Crippen molar-refractivity contribution in [1.29, 1.82) is 0 Å². The third kappa shape index (κ3) is 3.65. The van der Waals surface area contributed by atoms with Crippen LogP contribution in [0, 0.1) is 5.92 Å². The Morgan fingerprint density at radius 3 is 2.62 bits per heavy atom. The molecule has 2 N–H and O–H groups in total. The van der Waals surface area contributed by atoms with Crippen molar-refractivity contribution in [3.63, 3.8) is 0 Å². The van der Waals surface area contributed by atoms with Gasteiger partial charge in [0.15, 0.2) is 0 Å². The minimum absolute atomic E-state index is 0.147. The molecule has 5 nitrogen and oxygen atoms in total. The Bertz CT molecular complexity index is 436. The third-order valence-corrected chi connectivity index (χ3v) is 5.06. The molecule has 5 heteroatoms. The van der Waals surface area contributed by atoms with Crippen LogP contribution in [0.4, 0.5) is 0 Å². The highest BCUT2D eigenvalue weighted by Gasteiger charge is 2.26. The number of β-amino-alcohol motifs (C(OH)–C–C–N with tert-alkyl or cyclic N) is 1. The third-order valence-electron chi connectivity index (χ3n) is 5.06. The van der Waals surface area contributed by atoms with E-state index in [2.05, 4.69) is 20.6 Å². The van der Waals surface area contributed by atoms with Crippen molar-refractivity contribution in [3.05, 3.63) is 18.2 Å². The molecule has 0 spiro atoms. The molecule has 2 heterocycles. The standard InChI is InChI=1S/C16H27N3O2/c20-12-15(21)11-18-7-4-14(5-8-18)16-17-6-9-19(16)10-13-2-1-3-13/h6,9,13-15,20-21H,1-5,7-8,10-12H2/t15-/m0/s1. The number of rotatable bonds is 6. The monoisotopic (exact) mass is 293 g/mol. The average Bonchev–Trinajstić information content (AvgIpc) is 2.92. The van der Waals surface area contributed by atoms with Crippen LogP contribution >= 0.6 is 0 Å². The molecule has 21 heavy (non-hydrogen) atoms. The van der Waals surface area contributed by atoms with E-state index in [9.17, 15) is 5.11 Å². The summed E-state index contributed by atoms with van der Waals surface area (Å²) in [6, 6.07) is 0. The lowest BCUT2D eigenvalue weighted by Gasteiger charge is -2.33. The van der Waals surface area contributed by atoms with E-state index in [0.29, 0.717) is 12.5 Å². The van der Waals surface area contributed by atoms with Crippen LogP contribution in [0.2, 0.25) is 0 Å². The van der Waals surface area contributed by atoms with Gasteiger partial charge < -0.3 is 19.7 Å². The molecule has 2 fully saturated rings. The second-order valence-electron chi connectivity index (χ2n) is 6.65. The molecule has 0 unspecified atom stereocenters. The Kier molecular flexibility index (Phi) is 4.93. The fourth-order valence-corrected chi connectivity index (χ4v) is 3.52. The van der Waals surface area contributed by atoms with Crippen LogP contribution in [0.1, 0.15) is 43.8 Å². The van der Waals surface area contributed by atoms with Crippen molar-refractivity contribution in [2.75, 3.05) is 26.2 Å².